The van der Waals surface area contributed by atoms with Crippen molar-refractivity contribution in [2.75, 3.05) is 18.9 Å². The summed E-state index contributed by atoms with van der Waals surface area (Å²) in [7, 11) is 1.65. The molecule has 0 atom stereocenters. The second kappa shape index (κ2) is 7.44. The van der Waals surface area contributed by atoms with Gasteiger partial charge in [0.15, 0.2) is 0 Å². The molecule has 2 N–H and O–H groups in total. The number of hydrogen-bond acceptors (Lipinski definition) is 2. The van der Waals surface area contributed by atoms with Crippen LogP contribution in [0.3, 0.4) is 0 Å². The van der Waals surface area contributed by atoms with Crippen LogP contribution in [-0.4, -0.2) is 35.3 Å². The molecule has 0 aliphatic carbocycles. The molecule has 2 aromatic carbocycles. The van der Waals surface area contributed by atoms with Crippen LogP contribution < -0.4 is 5.32 Å². The lowest BCUT2D eigenvalue weighted by Crippen LogP contribution is -2.35. The normalized spacial score (nSPS) is 10.7. The molecule has 3 aromatic rings. The van der Waals surface area contributed by atoms with E-state index in [2.05, 4.69) is 10.3 Å². The molecular weight excluding hydrogens is 326 g/mol. The van der Waals surface area contributed by atoms with Gasteiger partial charge in [0.2, 0.25) is 11.8 Å². The predicted octanol–water partition coefficient (Wildman–Crippen LogP) is 3.42. The largest absolute Gasteiger partial charge is 0.361 e. The lowest BCUT2D eigenvalue weighted by molar-refractivity contribution is -0.132. The Labute approximate surface area is 153 Å². The van der Waals surface area contributed by atoms with Crippen LogP contribution in [0.15, 0.2) is 48.7 Å². The van der Waals surface area contributed by atoms with Crippen LogP contribution in [0.2, 0.25) is 0 Å². The molecule has 0 aliphatic rings. The zero-order valence-electron chi connectivity index (χ0n) is 15.3. The van der Waals surface area contributed by atoms with E-state index in [0.29, 0.717) is 0 Å². The molecule has 1 aromatic heterocycles. The maximum atomic E-state index is 12.5. The SMILES string of the molecule is Cc1ccc(C)c(NC(=O)CN(C)C(=O)Cc2c[nH]c3ccccc23)c1. The highest BCUT2D eigenvalue weighted by molar-refractivity contribution is 5.96. The maximum absolute atomic E-state index is 12.5. The van der Waals surface area contributed by atoms with Crippen molar-refractivity contribution in [3.8, 4) is 0 Å². The third-order valence-corrected chi connectivity index (χ3v) is 4.49. The topological polar surface area (TPSA) is 65.2 Å². The van der Waals surface area contributed by atoms with Gasteiger partial charge in [0.25, 0.3) is 0 Å². The Morgan fingerprint density at radius 2 is 1.88 bits per heavy atom. The number of carbonyl (C=O) groups is 2. The van der Waals surface area contributed by atoms with E-state index in [1.54, 1.807) is 7.05 Å². The van der Waals surface area contributed by atoms with Crippen molar-refractivity contribution in [3.05, 3.63) is 65.4 Å². The van der Waals surface area contributed by atoms with Crippen LogP contribution in [0.1, 0.15) is 16.7 Å². The number of aromatic amines is 1. The summed E-state index contributed by atoms with van der Waals surface area (Å²) in [5.41, 5.74) is 4.80. The minimum absolute atomic E-state index is 0.0224. The number of carbonyl (C=O) groups excluding carboxylic acids is 2. The van der Waals surface area contributed by atoms with Crippen molar-refractivity contribution in [1.82, 2.24) is 9.88 Å². The standard InChI is InChI=1S/C21H23N3O2/c1-14-8-9-15(2)19(10-14)23-20(25)13-24(3)21(26)11-16-12-22-18-7-5-4-6-17(16)18/h4-10,12,22H,11,13H2,1-3H3,(H,23,25). The Morgan fingerprint density at radius 1 is 1.12 bits per heavy atom. The molecule has 2 amide bonds. The summed E-state index contributed by atoms with van der Waals surface area (Å²) in [6, 6.07) is 13.8. The number of likely N-dealkylation sites (N-methyl/N-ethyl adjacent to an activating group) is 1. The van der Waals surface area contributed by atoms with Gasteiger partial charge in [-0.15, -0.1) is 0 Å². The Balaban J connectivity index is 1.62. The van der Waals surface area contributed by atoms with Crippen molar-refractivity contribution >= 4 is 28.4 Å². The second-order valence-corrected chi connectivity index (χ2v) is 6.65. The summed E-state index contributed by atoms with van der Waals surface area (Å²) < 4.78 is 0. The molecule has 0 spiro atoms. The van der Waals surface area contributed by atoms with E-state index >= 15 is 0 Å². The highest BCUT2D eigenvalue weighted by atomic mass is 16.2. The number of aromatic nitrogens is 1. The van der Waals surface area contributed by atoms with Crippen molar-refractivity contribution in [2.24, 2.45) is 0 Å². The number of hydrogen-bond donors (Lipinski definition) is 2. The number of para-hydroxylation sites is 1. The van der Waals surface area contributed by atoms with Gasteiger partial charge < -0.3 is 15.2 Å². The molecule has 5 nitrogen and oxygen atoms in total. The van der Waals surface area contributed by atoms with Crippen molar-refractivity contribution in [1.29, 1.82) is 0 Å². The monoisotopic (exact) mass is 349 g/mol. The first-order valence-electron chi connectivity index (χ1n) is 8.60. The summed E-state index contributed by atoms with van der Waals surface area (Å²) in [6.45, 7) is 3.95. The van der Waals surface area contributed by atoms with Crippen LogP contribution >= 0.6 is 0 Å². The molecule has 1 heterocycles. The number of benzene rings is 2. The van der Waals surface area contributed by atoms with Gasteiger partial charge in [-0.3, -0.25) is 9.59 Å². The fraction of sp³-hybridized carbons (Fsp3) is 0.238. The third kappa shape index (κ3) is 3.94. The average Bonchev–Trinajstić information content (AvgIpc) is 3.01. The summed E-state index contributed by atoms with van der Waals surface area (Å²) in [4.78, 5) is 29.4. The van der Waals surface area contributed by atoms with Gasteiger partial charge in [0, 0.05) is 29.8 Å². The number of amides is 2. The predicted molar refractivity (Wildman–Crippen MR) is 104 cm³/mol. The van der Waals surface area contributed by atoms with Gasteiger partial charge in [-0.05, 0) is 42.7 Å². The molecule has 3 rings (SSSR count). The van der Waals surface area contributed by atoms with Gasteiger partial charge in [-0.2, -0.15) is 0 Å². The van der Waals surface area contributed by atoms with E-state index in [1.807, 2.05) is 62.5 Å². The maximum Gasteiger partial charge on any atom is 0.243 e. The zero-order chi connectivity index (χ0) is 18.7. The molecule has 0 saturated heterocycles. The summed E-state index contributed by atoms with van der Waals surface area (Å²) in [5.74, 6) is -0.292. The molecular formula is C21H23N3O2. The number of aryl methyl sites for hydroxylation is 2. The first kappa shape index (κ1) is 17.7. The first-order chi connectivity index (χ1) is 12.4. The Kier molecular flexibility index (Phi) is 5.07. The van der Waals surface area contributed by atoms with E-state index < -0.39 is 0 Å². The van der Waals surface area contributed by atoms with E-state index in [9.17, 15) is 9.59 Å². The summed E-state index contributed by atoms with van der Waals surface area (Å²) in [6.07, 6.45) is 2.11. The van der Waals surface area contributed by atoms with Gasteiger partial charge in [0.1, 0.15) is 0 Å². The Morgan fingerprint density at radius 3 is 2.69 bits per heavy atom. The molecule has 0 bridgehead atoms. The average molecular weight is 349 g/mol. The fourth-order valence-electron chi connectivity index (χ4n) is 2.94. The van der Waals surface area contributed by atoms with Crippen LogP contribution in [0.4, 0.5) is 5.69 Å². The molecule has 5 heteroatoms. The Bertz CT molecular complexity index is 959. The molecule has 0 aliphatic heterocycles. The molecule has 0 saturated carbocycles. The van der Waals surface area contributed by atoms with Crippen molar-refractivity contribution in [3.63, 3.8) is 0 Å². The quantitative estimate of drug-likeness (QED) is 0.741. The van der Waals surface area contributed by atoms with E-state index in [4.69, 9.17) is 0 Å². The van der Waals surface area contributed by atoms with Gasteiger partial charge >= 0.3 is 0 Å². The number of fused-ring (bicyclic) bond motifs is 1. The van der Waals surface area contributed by atoms with Crippen molar-refractivity contribution < 1.29 is 9.59 Å². The van der Waals surface area contributed by atoms with Gasteiger partial charge in [-0.1, -0.05) is 30.3 Å². The van der Waals surface area contributed by atoms with E-state index in [1.165, 1.54) is 4.90 Å². The lowest BCUT2D eigenvalue weighted by Gasteiger charge is -2.17. The van der Waals surface area contributed by atoms with Crippen LogP contribution in [0.25, 0.3) is 10.9 Å². The summed E-state index contributed by atoms with van der Waals surface area (Å²) >= 11 is 0. The van der Waals surface area contributed by atoms with Crippen LogP contribution in [-0.2, 0) is 16.0 Å². The van der Waals surface area contributed by atoms with Gasteiger partial charge in [0.05, 0.1) is 13.0 Å². The first-order valence-corrected chi connectivity index (χ1v) is 8.60. The lowest BCUT2D eigenvalue weighted by atomic mass is 10.1. The van der Waals surface area contributed by atoms with Gasteiger partial charge in [-0.25, -0.2) is 0 Å². The van der Waals surface area contributed by atoms with Crippen molar-refractivity contribution in [2.45, 2.75) is 20.3 Å². The fourth-order valence-corrected chi connectivity index (χ4v) is 2.94. The minimum atomic E-state index is -0.200. The highest BCUT2D eigenvalue weighted by Crippen LogP contribution is 2.19. The van der Waals surface area contributed by atoms with Crippen LogP contribution in [0, 0.1) is 13.8 Å². The number of rotatable bonds is 5. The highest BCUT2D eigenvalue weighted by Gasteiger charge is 2.16. The summed E-state index contributed by atoms with van der Waals surface area (Å²) in [5, 5.41) is 3.92. The molecule has 26 heavy (non-hydrogen) atoms. The second-order valence-electron chi connectivity index (χ2n) is 6.65. The molecule has 0 radical (unpaired) electrons. The smallest absolute Gasteiger partial charge is 0.243 e. The van der Waals surface area contributed by atoms with E-state index in [-0.39, 0.29) is 24.8 Å². The number of anilines is 1. The molecule has 0 unspecified atom stereocenters. The number of nitrogens with zero attached hydrogens (tertiary/aromatic N) is 1. The van der Waals surface area contributed by atoms with Crippen LogP contribution in [0.5, 0.6) is 0 Å². The number of H-pyrrole nitrogens is 1. The Hall–Kier alpha value is -3.08. The molecule has 134 valence electrons. The minimum Gasteiger partial charge on any atom is -0.361 e. The zero-order valence-corrected chi connectivity index (χ0v) is 15.3. The molecule has 0 fully saturated rings. The number of nitrogens with one attached hydrogen (secondary N) is 2. The van der Waals surface area contributed by atoms with E-state index in [0.717, 1.165) is 33.3 Å². The third-order valence-electron chi connectivity index (χ3n) is 4.49.